The Balaban J connectivity index is 1.38. The quantitative estimate of drug-likeness (QED) is 0.356. The molecule has 0 unspecified atom stereocenters. The molecule has 8 nitrogen and oxygen atoms in total. The molecule has 4 rings (SSSR count). The predicted molar refractivity (Wildman–Crippen MR) is 144 cm³/mol. The van der Waals surface area contributed by atoms with Gasteiger partial charge in [0, 0.05) is 37.1 Å². The highest BCUT2D eigenvalue weighted by molar-refractivity contribution is 5.94. The molecular weight excluding hydrogens is 482 g/mol. The van der Waals surface area contributed by atoms with Crippen molar-refractivity contribution in [3.05, 3.63) is 83.1 Å². The fraction of sp³-hybridized carbons (Fsp3) is 0.433. The van der Waals surface area contributed by atoms with Crippen LogP contribution < -0.4 is 0 Å². The Hall–Kier alpha value is -3.81. The molecule has 0 N–H and O–H groups in total. The number of ether oxygens (including phenoxy) is 1. The number of amides is 2. The van der Waals surface area contributed by atoms with Crippen LogP contribution in [0.5, 0.6) is 0 Å². The number of nitrogens with zero attached hydrogens (tertiary/aromatic N) is 3. The molecule has 0 bridgehead atoms. The molecule has 0 aliphatic carbocycles. The fourth-order valence-corrected chi connectivity index (χ4v) is 4.82. The molecule has 0 spiro atoms. The van der Waals surface area contributed by atoms with Crippen LogP contribution in [-0.2, 0) is 22.6 Å². The van der Waals surface area contributed by atoms with Gasteiger partial charge in [0.1, 0.15) is 5.76 Å². The summed E-state index contributed by atoms with van der Waals surface area (Å²) in [5.41, 5.74) is 2.79. The minimum atomic E-state index is -0.180. The van der Waals surface area contributed by atoms with Gasteiger partial charge in [0.05, 0.1) is 25.6 Å². The van der Waals surface area contributed by atoms with Gasteiger partial charge in [-0.2, -0.15) is 0 Å². The van der Waals surface area contributed by atoms with Gasteiger partial charge < -0.3 is 23.5 Å². The van der Waals surface area contributed by atoms with E-state index < -0.39 is 0 Å². The number of furan rings is 1. The third-order valence-electron chi connectivity index (χ3n) is 6.96. The maximum absolute atomic E-state index is 13.2. The topological polar surface area (TPSA) is 85.0 Å². The maximum atomic E-state index is 13.2. The van der Waals surface area contributed by atoms with Crippen molar-refractivity contribution in [3.8, 4) is 0 Å². The van der Waals surface area contributed by atoms with Crippen LogP contribution in [0.2, 0.25) is 0 Å². The number of carbonyl (C=O) groups excluding carboxylic acids is 3. The number of aryl methyl sites for hydroxylation is 1. The number of esters is 1. The molecule has 1 aliphatic heterocycles. The molecule has 2 amide bonds. The van der Waals surface area contributed by atoms with Crippen LogP contribution in [0.25, 0.3) is 0 Å². The lowest BCUT2D eigenvalue weighted by Gasteiger charge is -2.30. The molecule has 38 heavy (non-hydrogen) atoms. The second-order valence-electron chi connectivity index (χ2n) is 9.80. The molecule has 0 radical (unpaired) electrons. The molecule has 2 aromatic heterocycles. The standard InChI is InChI=1S/C30H37N3O5/c1-4-16-33(28(34)23-10-8-22(3)9-11-23)20-25-7-6-17-32(25)21-26-12-13-27(38-26)29(35)31-18-14-24(15-19-31)30(36)37-5-2/h6-13,17,24H,4-5,14-16,18-21H2,1-3H3. The van der Waals surface area contributed by atoms with E-state index in [2.05, 4.69) is 6.92 Å². The Bertz CT molecular complexity index is 1230. The van der Waals surface area contributed by atoms with Crippen molar-refractivity contribution < 1.29 is 23.5 Å². The van der Waals surface area contributed by atoms with Crippen LogP contribution in [0.3, 0.4) is 0 Å². The van der Waals surface area contributed by atoms with Crippen molar-refractivity contribution in [2.75, 3.05) is 26.2 Å². The first-order valence-electron chi connectivity index (χ1n) is 13.4. The highest BCUT2D eigenvalue weighted by atomic mass is 16.5. The van der Waals surface area contributed by atoms with Gasteiger partial charge in [0.2, 0.25) is 0 Å². The predicted octanol–water partition coefficient (Wildman–Crippen LogP) is 4.91. The van der Waals surface area contributed by atoms with Crippen LogP contribution in [0.4, 0.5) is 0 Å². The van der Waals surface area contributed by atoms with Crippen LogP contribution in [0.1, 0.15) is 71.0 Å². The SMILES string of the molecule is CCCN(Cc1cccn1Cc1ccc(C(=O)N2CCC(C(=O)OCC)CC2)o1)C(=O)c1ccc(C)cc1. The Morgan fingerprint density at radius 1 is 1.03 bits per heavy atom. The van der Waals surface area contributed by atoms with Crippen molar-refractivity contribution in [3.63, 3.8) is 0 Å². The van der Waals surface area contributed by atoms with Gasteiger partial charge >= 0.3 is 5.97 Å². The van der Waals surface area contributed by atoms with Gasteiger partial charge in [0.15, 0.2) is 5.76 Å². The molecule has 8 heteroatoms. The molecule has 0 atom stereocenters. The van der Waals surface area contributed by atoms with Gasteiger partial charge in [-0.15, -0.1) is 0 Å². The van der Waals surface area contributed by atoms with E-state index in [9.17, 15) is 14.4 Å². The summed E-state index contributed by atoms with van der Waals surface area (Å²) < 4.78 is 13.1. The second-order valence-corrected chi connectivity index (χ2v) is 9.80. The summed E-state index contributed by atoms with van der Waals surface area (Å²) in [6.45, 7) is 8.84. The van der Waals surface area contributed by atoms with Crippen LogP contribution in [0.15, 0.2) is 59.1 Å². The van der Waals surface area contributed by atoms with Crippen LogP contribution >= 0.6 is 0 Å². The number of hydrogen-bond acceptors (Lipinski definition) is 5. The van der Waals surface area contributed by atoms with Gasteiger partial charge in [-0.1, -0.05) is 24.6 Å². The molecule has 3 aromatic rings. The fourth-order valence-electron chi connectivity index (χ4n) is 4.82. The molecule has 202 valence electrons. The summed E-state index contributed by atoms with van der Waals surface area (Å²) >= 11 is 0. The smallest absolute Gasteiger partial charge is 0.309 e. The number of aromatic nitrogens is 1. The summed E-state index contributed by atoms with van der Waals surface area (Å²) in [5.74, 6) is 0.481. The second kappa shape index (κ2) is 12.6. The zero-order valence-electron chi connectivity index (χ0n) is 22.5. The number of piperidine rings is 1. The van der Waals surface area contributed by atoms with E-state index >= 15 is 0 Å². The zero-order chi connectivity index (χ0) is 27.1. The molecule has 1 fully saturated rings. The first kappa shape index (κ1) is 27.2. The Morgan fingerprint density at radius 3 is 2.45 bits per heavy atom. The van der Waals surface area contributed by atoms with Crippen molar-refractivity contribution in [1.29, 1.82) is 0 Å². The van der Waals surface area contributed by atoms with Crippen molar-refractivity contribution >= 4 is 17.8 Å². The molecule has 1 aliphatic rings. The van der Waals surface area contributed by atoms with Gasteiger partial charge in [-0.25, -0.2) is 0 Å². The van der Waals surface area contributed by atoms with E-state index in [0.717, 1.165) is 17.7 Å². The lowest BCUT2D eigenvalue weighted by Crippen LogP contribution is -2.40. The highest BCUT2D eigenvalue weighted by Crippen LogP contribution is 2.22. The monoisotopic (exact) mass is 519 g/mol. The van der Waals surface area contributed by atoms with Gasteiger partial charge in [-0.3, -0.25) is 14.4 Å². The minimum absolute atomic E-state index is 0.0113. The Kier molecular flexibility index (Phi) is 9.05. The molecular formula is C30H37N3O5. The maximum Gasteiger partial charge on any atom is 0.309 e. The summed E-state index contributed by atoms with van der Waals surface area (Å²) in [5, 5.41) is 0. The van der Waals surface area contributed by atoms with Crippen LogP contribution in [-0.4, -0.2) is 58.4 Å². The highest BCUT2D eigenvalue weighted by Gasteiger charge is 2.29. The van der Waals surface area contributed by atoms with E-state index in [1.165, 1.54) is 0 Å². The number of carbonyl (C=O) groups is 3. The third kappa shape index (κ3) is 6.54. The lowest BCUT2D eigenvalue weighted by molar-refractivity contribution is -0.149. The van der Waals surface area contributed by atoms with E-state index in [1.807, 2.05) is 65.1 Å². The Labute approximate surface area is 224 Å². The van der Waals surface area contributed by atoms with Crippen molar-refractivity contribution in [1.82, 2.24) is 14.4 Å². The molecule has 1 aromatic carbocycles. The van der Waals surface area contributed by atoms with E-state index in [0.29, 0.717) is 69.3 Å². The average Bonchev–Trinajstić information content (AvgIpc) is 3.58. The van der Waals surface area contributed by atoms with Crippen LogP contribution in [0, 0.1) is 12.8 Å². The van der Waals surface area contributed by atoms with Gasteiger partial charge in [0.25, 0.3) is 11.8 Å². The number of likely N-dealkylation sites (tertiary alicyclic amines) is 1. The zero-order valence-corrected chi connectivity index (χ0v) is 22.5. The van der Waals surface area contributed by atoms with E-state index in [1.54, 1.807) is 17.9 Å². The number of rotatable bonds is 10. The summed E-state index contributed by atoms with van der Waals surface area (Å²) in [4.78, 5) is 41.8. The molecule has 3 heterocycles. The largest absolute Gasteiger partial charge is 0.466 e. The normalized spacial score (nSPS) is 13.9. The van der Waals surface area contributed by atoms with Gasteiger partial charge in [-0.05, 0) is 69.5 Å². The lowest BCUT2D eigenvalue weighted by atomic mass is 9.97. The van der Waals surface area contributed by atoms with E-state index in [4.69, 9.17) is 9.15 Å². The molecule has 0 saturated carbocycles. The summed E-state index contributed by atoms with van der Waals surface area (Å²) in [6.07, 6.45) is 4.01. The third-order valence-corrected chi connectivity index (χ3v) is 6.96. The Morgan fingerprint density at radius 2 is 1.76 bits per heavy atom. The van der Waals surface area contributed by atoms with Crippen molar-refractivity contribution in [2.45, 2.75) is 53.1 Å². The minimum Gasteiger partial charge on any atom is -0.466 e. The number of hydrogen-bond donors (Lipinski definition) is 0. The first-order valence-corrected chi connectivity index (χ1v) is 13.4. The summed E-state index contributed by atoms with van der Waals surface area (Å²) in [7, 11) is 0. The number of benzene rings is 1. The van der Waals surface area contributed by atoms with Crippen molar-refractivity contribution in [2.24, 2.45) is 5.92 Å². The first-order chi connectivity index (χ1) is 18.4. The summed E-state index contributed by atoms with van der Waals surface area (Å²) in [6, 6.07) is 15.2. The molecule has 1 saturated heterocycles. The average molecular weight is 520 g/mol. The van der Waals surface area contributed by atoms with E-state index in [-0.39, 0.29) is 23.7 Å².